The van der Waals surface area contributed by atoms with Gasteiger partial charge in [0.05, 0.1) is 11.9 Å². The Bertz CT molecular complexity index is 507. The highest BCUT2D eigenvalue weighted by Crippen LogP contribution is 2.29. The molecular weight excluding hydrogens is 243 g/mol. The number of ether oxygens (including phenoxy) is 1. The van der Waals surface area contributed by atoms with Crippen LogP contribution in [0.1, 0.15) is 16.1 Å². The maximum atomic E-state index is 11.9. The van der Waals surface area contributed by atoms with Gasteiger partial charge in [0.2, 0.25) is 0 Å². The molecule has 0 atom stereocenters. The number of carbonyl (C=O) groups is 1. The number of halogens is 3. The zero-order chi connectivity index (χ0) is 13.2. The van der Waals surface area contributed by atoms with E-state index in [1.165, 1.54) is 6.07 Å². The van der Waals surface area contributed by atoms with Crippen molar-refractivity contribution in [1.82, 2.24) is 4.98 Å². The summed E-state index contributed by atoms with van der Waals surface area (Å²) >= 11 is 0. The number of aromatic carboxylic acids is 1. The lowest BCUT2D eigenvalue weighted by Gasteiger charge is -2.11. The molecule has 0 unspecified atom stereocenters. The molecule has 90 valence electrons. The van der Waals surface area contributed by atoms with Crippen LogP contribution in [0.4, 0.5) is 18.9 Å². The summed E-state index contributed by atoms with van der Waals surface area (Å²) in [6.07, 6.45) is -4.55. The lowest BCUT2D eigenvalue weighted by Crippen LogP contribution is -2.19. The number of hydrogen-bond acceptors (Lipinski definition) is 5. The van der Waals surface area contributed by atoms with Crippen molar-refractivity contribution in [3.8, 4) is 11.8 Å². The summed E-state index contributed by atoms with van der Waals surface area (Å²) in [5.41, 5.74) is 3.08. The minimum Gasteiger partial charge on any atom is -0.476 e. The van der Waals surface area contributed by atoms with Gasteiger partial charge in [-0.3, -0.25) is 0 Å². The Balaban J connectivity index is 3.33. The Morgan fingerprint density at radius 3 is 2.59 bits per heavy atom. The monoisotopic (exact) mass is 247 g/mol. The van der Waals surface area contributed by atoms with Crippen LogP contribution < -0.4 is 10.5 Å². The fraction of sp³-hybridized carbons (Fsp3) is 0.125. The van der Waals surface area contributed by atoms with Gasteiger partial charge in [-0.15, -0.1) is 13.2 Å². The van der Waals surface area contributed by atoms with Gasteiger partial charge in [0, 0.05) is 0 Å². The first-order valence-electron chi connectivity index (χ1n) is 3.94. The Labute approximate surface area is 92.0 Å². The molecular formula is C8H4F3N3O3. The molecule has 17 heavy (non-hydrogen) atoms. The molecule has 1 rings (SSSR count). The topological polar surface area (TPSA) is 109 Å². The molecule has 0 amide bonds. The Hall–Kier alpha value is -2.50. The summed E-state index contributed by atoms with van der Waals surface area (Å²) < 4.78 is 39.3. The van der Waals surface area contributed by atoms with Gasteiger partial charge in [-0.25, -0.2) is 9.78 Å². The predicted octanol–water partition coefficient (Wildman–Crippen LogP) is 1.13. The molecule has 0 aliphatic rings. The van der Waals surface area contributed by atoms with Crippen LogP contribution in [-0.2, 0) is 0 Å². The van der Waals surface area contributed by atoms with E-state index in [0.29, 0.717) is 6.20 Å². The van der Waals surface area contributed by atoms with Crippen molar-refractivity contribution in [3.05, 3.63) is 17.5 Å². The van der Waals surface area contributed by atoms with Crippen molar-refractivity contribution in [2.45, 2.75) is 6.36 Å². The minimum atomic E-state index is -5.02. The van der Waals surface area contributed by atoms with E-state index < -0.39 is 35.0 Å². The number of nitrogens with zero attached hydrogens (tertiary/aromatic N) is 2. The van der Waals surface area contributed by atoms with E-state index in [-0.39, 0.29) is 0 Å². The van der Waals surface area contributed by atoms with Crippen molar-refractivity contribution in [2.24, 2.45) is 0 Å². The number of alkyl halides is 3. The average Bonchev–Trinajstić information content (AvgIpc) is 2.15. The van der Waals surface area contributed by atoms with Crippen molar-refractivity contribution in [2.75, 3.05) is 5.73 Å². The summed E-state index contributed by atoms with van der Waals surface area (Å²) in [4.78, 5) is 13.7. The highest BCUT2D eigenvalue weighted by atomic mass is 19.4. The highest BCUT2D eigenvalue weighted by Gasteiger charge is 2.33. The zero-order valence-electron chi connectivity index (χ0n) is 7.95. The van der Waals surface area contributed by atoms with Gasteiger partial charge in [0.15, 0.2) is 11.4 Å². The summed E-state index contributed by atoms with van der Waals surface area (Å²) in [5.74, 6) is -2.50. The predicted molar refractivity (Wildman–Crippen MR) is 47.0 cm³/mol. The van der Waals surface area contributed by atoms with Crippen molar-refractivity contribution >= 4 is 11.7 Å². The van der Waals surface area contributed by atoms with Gasteiger partial charge in [-0.1, -0.05) is 0 Å². The van der Waals surface area contributed by atoms with E-state index in [1.54, 1.807) is 0 Å². The Kier molecular flexibility index (Phi) is 3.08. The van der Waals surface area contributed by atoms with Gasteiger partial charge >= 0.3 is 12.3 Å². The van der Waals surface area contributed by atoms with E-state index >= 15 is 0 Å². The Morgan fingerprint density at radius 2 is 2.18 bits per heavy atom. The second kappa shape index (κ2) is 4.17. The van der Waals surface area contributed by atoms with E-state index in [9.17, 15) is 18.0 Å². The minimum absolute atomic E-state index is 0.478. The summed E-state index contributed by atoms with van der Waals surface area (Å²) in [7, 11) is 0. The molecule has 0 aliphatic carbocycles. The van der Waals surface area contributed by atoms with Crippen LogP contribution in [0.15, 0.2) is 6.20 Å². The number of pyridine rings is 1. The maximum Gasteiger partial charge on any atom is 0.573 e. The number of nitriles is 1. The van der Waals surface area contributed by atoms with Gasteiger partial charge in [0.25, 0.3) is 0 Å². The Morgan fingerprint density at radius 1 is 1.59 bits per heavy atom. The van der Waals surface area contributed by atoms with Gasteiger partial charge in [-0.2, -0.15) is 5.26 Å². The lowest BCUT2D eigenvalue weighted by atomic mass is 10.2. The van der Waals surface area contributed by atoms with Crippen LogP contribution in [0.25, 0.3) is 0 Å². The first-order valence-corrected chi connectivity index (χ1v) is 3.94. The zero-order valence-corrected chi connectivity index (χ0v) is 7.95. The van der Waals surface area contributed by atoms with Gasteiger partial charge in [0.1, 0.15) is 11.6 Å². The smallest absolute Gasteiger partial charge is 0.476 e. The number of carboxylic acids is 1. The fourth-order valence-corrected chi connectivity index (χ4v) is 0.996. The molecule has 1 aromatic rings. The molecule has 0 saturated carbocycles. The number of anilines is 1. The van der Waals surface area contributed by atoms with Crippen LogP contribution in [0.2, 0.25) is 0 Å². The van der Waals surface area contributed by atoms with E-state index in [4.69, 9.17) is 16.1 Å². The molecule has 1 heterocycles. The van der Waals surface area contributed by atoms with Gasteiger partial charge < -0.3 is 15.6 Å². The quantitative estimate of drug-likeness (QED) is 0.810. The molecule has 0 aliphatic heterocycles. The van der Waals surface area contributed by atoms with E-state index in [2.05, 4.69) is 9.72 Å². The third-order valence-corrected chi connectivity index (χ3v) is 1.62. The number of nitrogens with two attached hydrogens (primary N) is 1. The standard InChI is InChI=1S/C8H4F3N3O3/c9-8(10,11)17-4-2-14-6(7(15)16)5(13)3(4)1-12/h2H,13H2,(H,15,16). The van der Waals surface area contributed by atoms with Crippen LogP contribution in [0.5, 0.6) is 5.75 Å². The highest BCUT2D eigenvalue weighted by molar-refractivity contribution is 5.93. The second-order valence-electron chi connectivity index (χ2n) is 2.72. The number of hydrogen-bond donors (Lipinski definition) is 2. The molecule has 6 nitrogen and oxygen atoms in total. The van der Waals surface area contributed by atoms with Crippen molar-refractivity contribution in [3.63, 3.8) is 0 Å². The molecule has 0 spiro atoms. The van der Waals surface area contributed by atoms with Crippen LogP contribution in [-0.4, -0.2) is 22.4 Å². The molecule has 0 bridgehead atoms. The molecule has 9 heteroatoms. The van der Waals surface area contributed by atoms with Crippen LogP contribution >= 0.6 is 0 Å². The number of nitrogen functional groups attached to an aromatic ring is 1. The van der Waals surface area contributed by atoms with Crippen molar-refractivity contribution in [1.29, 1.82) is 5.26 Å². The lowest BCUT2D eigenvalue weighted by molar-refractivity contribution is -0.274. The number of carboxylic acid groups (broad SMARTS) is 1. The number of rotatable bonds is 2. The maximum absolute atomic E-state index is 11.9. The second-order valence-corrected chi connectivity index (χ2v) is 2.72. The molecule has 3 N–H and O–H groups in total. The molecule has 1 aromatic heterocycles. The number of aromatic nitrogens is 1. The van der Waals surface area contributed by atoms with Crippen molar-refractivity contribution < 1.29 is 27.8 Å². The van der Waals surface area contributed by atoms with Crippen LogP contribution in [0.3, 0.4) is 0 Å². The SMILES string of the molecule is N#Cc1c(OC(F)(F)F)cnc(C(=O)O)c1N. The largest absolute Gasteiger partial charge is 0.573 e. The molecule has 0 saturated heterocycles. The molecule has 0 fully saturated rings. The average molecular weight is 247 g/mol. The first kappa shape index (κ1) is 12.6. The third kappa shape index (κ3) is 2.75. The van der Waals surface area contributed by atoms with E-state index in [0.717, 1.165) is 0 Å². The molecule has 0 aromatic carbocycles. The normalized spacial score (nSPS) is 10.7. The van der Waals surface area contributed by atoms with E-state index in [1.807, 2.05) is 0 Å². The molecule has 0 radical (unpaired) electrons. The third-order valence-electron chi connectivity index (χ3n) is 1.62. The fourth-order valence-electron chi connectivity index (χ4n) is 0.996. The first-order chi connectivity index (χ1) is 7.76. The summed E-state index contributed by atoms with van der Waals surface area (Å²) in [5, 5.41) is 17.2. The van der Waals surface area contributed by atoms with Gasteiger partial charge in [-0.05, 0) is 0 Å². The van der Waals surface area contributed by atoms with Crippen LogP contribution in [0, 0.1) is 11.3 Å². The summed E-state index contributed by atoms with van der Waals surface area (Å²) in [6, 6.07) is 1.33. The summed E-state index contributed by atoms with van der Waals surface area (Å²) in [6.45, 7) is 0.